The van der Waals surface area contributed by atoms with Crippen LogP contribution >= 0.6 is 0 Å². The topological polar surface area (TPSA) is 69.7 Å². The number of carbonyl (C=O) groups is 1. The van der Waals surface area contributed by atoms with Crippen molar-refractivity contribution in [2.45, 2.75) is 32.6 Å². The lowest BCUT2D eigenvalue weighted by atomic mass is 9.97. The third-order valence-electron chi connectivity index (χ3n) is 4.76. The molecule has 22 heavy (non-hydrogen) atoms. The highest BCUT2D eigenvalue weighted by molar-refractivity contribution is 7.88. The molecule has 0 aromatic rings. The smallest absolute Gasteiger partial charge is 0.223 e. The molecule has 6 nitrogen and oxygen atoms in total. The van der Waals surface area contributed by atoms with Crippen molar-refractivity contribution in [2.24, 2.45) is 11.8 Å². The molecule has 128 valence electrons. The molecule has 1 N–H and O–H groups in total. The van der Waals surface area contributed by atoms with E-state index in [9.17, 15) is 13.2 Å². The Hall–Kier alpha value is -0.660. The second-order valence-electron chi connectivity index (χ2n) is 6.78. The Morgan fingerprint density at radius 1 is 1.18 bits per heavy atom. The van der Waals surface area contributed by atoms with Crippen molar-refractivity contribution in [3.8, 4) is 0 Å². The van der Waals surface area contributed by atoms with E-state index in [-0.39, 0.29) is 11.8 Å². The zero-order chi connectivity index (χ0) is 16.2. The van der Waals surface area contributed by atoms with Crippen LogP contribution in [-0.2, 0) is 14.8 Å². The Kier molecular flexibility index (Phi) is 6.23. The van der Waals surface area contributed by atoms with E-state index in [1.54, 1.807) is 0 Å². The van der Waals surface area contributed by atoms with Gasteiger partial charge in [-0.05, 0) is 38.1 Å². The molecule has 0 unspecified atom stereocenters. The van der Waals surface area contributed by atoms with Crippen LogP contribution in [-0.4, -0.2) is 69.1 Å². The second-order valence-corrected chi connectivity index (χ2v) is 8.76. The lowest BCUT2D eigenvalue weighted by Crippen LogP contribution is -2.45. The first-order valence-corrected chi connectivity index (χ1v) is 10.2. The highest BCUT2D eigenvalue weighted by atomic mass is 32.2. The summed E-state index contributed by atoms with van der Waals surface area (Å²) in [6.45, 7) is 7.06. The number of rotatable bonds is 5. The maximum Gasteiger partial charge on any atom is 0.223 e. The van der Waals surface area contributed by atoms with Crippen molar-refractivity contribution >= 4 is 15.9 Å². The molecular weight excluding hydrogens is 302 g/mol. The Morgan fingerprint density at radius 2 is 1.86 bits per heavy atom. The van der Waals surface area contributed by atoms with E-state index in [2.05, 4.69) is 17.1 Å². The van der Waals surface area contributed by atoms with Gasteiger partial charge in [0.15, 0.2) is 0 Å². The van der Waals surface area contributed by atoms with Crippen LogP contribution in [0.4, 0.5) is 0 Å². The van der Waals surface area contributed by atoms with Gasteiger partial charge in [-0.3, -0.25) is 4.79 Å². The molecule has 2 saturated heterocycles. The minimum atomic E-state index is -3.12. The van der Waals surface area contributed by atoms with Crippen LogP contribution in [0, 0.1) is 11.8 Å². The van der Waals surface area contributed by atoms with Gasteiger partial charge in [-0.15, -0.1) is 0 Å². The van der Waals surface area contributed by atoms with Crippen molar-refractivity contribution in [3.05, 3.63) is 0 Å². The molecule has 0 aromatic carbocycles. The predicted octanol–water partition coefficient (Wildman–Crippen LogP) is 0.506. The number of nitrogens with one attached hydrogen (secondary N) is 1. The molecule has 2 rings (SSSR count). The predicted molar refractivity (Wildman–Crippen MR) is 87.0 cm³/mol. The minimum absolute atomic E-state index is 0.0433. The van der Waals surface area contributed by atoms with Gasteiger partial charge in [0, 0.05) is 38.6 Å². The van der Waals surface area contributed by atoms with Gasteiger partial charge in [0.05, 0.1) is 6.26 Å². The Balaban J connectivity index is 1.66. The average Bonchev–Trinajstić information content (AvgIpc) is 2.46. The Morgan fingerprint density at radius 3 is 2.45 bits per heavy atom. The molecule has 0 saturated carbocycles. The van der Waals surface area contributed by atoms with E-state index in [1.807, 2.05) is 0 Å². The fourth-order valence-electron chi connectivity index (χ4n) is 3.42. The molecule has 2 fully saturated rings. The van der Waals surface area contributed by atoms with Crippen LogP contribution in [0.15, 0.2) is 0 Å². The molecule has 0 spiro atoms. The molecule has 7 heteroatoms. The number of likely N-dealkylation sites (tertiary alicyclic amines) is 1. The van der Waals surface area contributed by atoms with Crippen LogP contribution in [0.1, 0.15) is 32.6 Å². The van der Waals surface area contributed by atoms with Gasteiger partial charge in [0.1, 0.15) is 0 Å². The van der Waals surface area contributed by atoms with Crippen molar-refractivity contribution in [3.63, 3.8) is 0 Å². The molecule has 0 aliphatic carbocycles. The number of amides is 1. The van der Waals surface area contributed by atoms with Crippen LogP contribution in [0.25, 0.3) is 0 Å². The van der Waals surface area contributed by atoms with Gasteiger partial charge in [-0.1, -0.05) is 6.92 Å². The summed E-state index contributed by atoms with van der Waals surface area (Å²) < 4.78 is 24.4. The summed E-state index contributed by atoms with van der Waals surface area (Å²) in [6.07, 6.45) is 5.03. The van der Waals surface area contributed by atoms with Gasteiger partial charge >= 0.3 is 0 Å². The monoisotopic (exact) mass is 331 g/mol. The molecule has 2 aliphatic heterocycles. The molecular formula is C15H29N3O3S. The molecule has 2 aliphatic rings. The number of nitrogens with zero attached hydrogens (tertiary/aromatic N) is 2. The zero-order valence-corrected chi connectivity index (χ0v) is 14.6. The highest BCUT2D eigenvalue weighted by Gasteiger charge is 2.28. The number of hydrogen-bond donors (Lipinski definition) is 1. The van der Waals surface area contributed by atoms with E-state index in [4.69, 9.17) is 0 Å². The minimum Gasteiger partial charge on any atom is -0.355 e. The summed E-state index contributed by atoms with van der Waals surface area (Å²) in [5.41, 5.74) is 0. The van der Waals surface area contributed by atoms with Gasteiger partial charge in [0.2, 0.25) is 15.9 Å². The molecule has 0 bridgehead atoms. The quantitative estimate of drug-likeness (QED) is 0.797. The summed E-state index contributed by atoms with van der Waals surface area (Å²) in [4.78, 5) is 14.6. The fourth-order valence-corrected chi connectivity index (χ4v) is 4.30. The first-order valence-electron chi connectivity index (χ1n) is 8.31. The van der Waals surface area contributed by atoms with Gasteiger partial charge < -0.3 is 10.2 Å². The van der Waals surface area contributed by atoms with E-state index < -0.39 is 10.0 Å². The SMILES string of the molecule is C[C@@H]1CCCN(CCNC(=O)C2CCN(S(C)(=O)=O)CC2)C1. The fraction of sp³-hybridized carbons (Fsp3) is 0.933. The first kappa shape index (κ1) is 17.7. The number of carbonyl (C=O) groups excluding carboxylic acids is 1. The summed E-state index contributed by atoms with van der Waals surface area (Å²) in [5.74, 6) is 0.793. The molecule has 1 amide bonds. The number of sulfonamides is 1. The summed E-state index contributed by atoms with van der Waals surface area (Å²) in [6, 6.07) is 0. The normalized spacial score (nSPS) is 26.0. The maximum atomic E-state index is 12.2. The van der Waals surface area contributed by atoms with Crippen molar-refractivity contribution in [1.82, 2.24) is 14.5 Å². The van der Waals surface area contributed by atoms with Gasteiger partial charge in [-0.25, -0.2) is 12.7 Å². The van der Waals surface area contributed by atoms with Gasteiger partial charge in [0.25, 0.3) is 0 Å². The van der Waals surface area contributed by atoms with Crippen LogP contribution in [0.2, 0.25) is 0 Å². The Bertz CT molecular complexity index is 472. The number of piperidine rings is 2. The average molecular weight is 331 g/mol. The van der Waals surface area contributed by atoms with Crippen LogP contribution in [0.3, 0.4) is 0 Å². The van der Waals surface area contributed by atoms with Gasteiger partial charge in [-0.2, -0.15) is 0 Å². The molecule has 1 atom stereocenters. The van der Waals surface area contributed by atoms with E-state index in [0.29, 0.717) is 32.5 Å². The third kappa shape index (κ3) is 5.21. The Labute approximate surface area is 134 Å². The number of hydrogen-bond acceptors (Lipinski definition) is 4. The van der Waals surface area contributed by atoms with E-state index >= 15 is 0 Å². The highest BCUT2D eigenvalue weighted by Crippen LogP contribution is 2.19. The third-order valence-corrected chi connectivity index (χ3v) is 6.07. The zero-order valence-electron chi connectivity index (χ0n) is 13.8. The molecule has 0 radical (unpaired) electrons. The summed E-state index contributed by atoms with van der Waals surface area (Å²) in [5, 5.41) is 3.02. The molecule has 0 aromatic heterocycles. The van der Waals surface area contributed by atoms with Crippen molar-refractivity contribution in [1.29, 1.82) is 0 Å². The first-order chi connectivity index (χ1) is 10.4. The van der Waals surface area contributed by atoms with E-state index in [1.165, 1.54) is 23.4 Å². The van der Waals surface area contributed by atoms with E-state index in [0.717, 1.165) is 25.6 Å². The maximum absolute atomic E-state index is 12.2. The second kappa shape index (κ2) is 7.75. The lowest BCUT2D eigenvalue weighted by molar-refractivity contribution is -0.126. The van der Waals surface area contributed by atoms with Crippen molar-refractivity contribution in [2.75, 3.05) is 45.5 Å². The van der Waals surface area contributed by atoms with Crippen LogP contribution in [0.5, 0.6) is 0 Å². The summed E-state index contributed by atoms with van der Waals surface area (Å²) >= 11 is 0. The van der Waals surface area contributed by atoms with Crippen molar-refractivity contribution < 1.29 is 13.2 Å². The van der Waals surface area contributed by atoms with Crippen LogP contribution < -0.4 is 5.32 Å². The molecule has 2 heterocycles. The lowest BCUT2D eigenvalue weighted by Gasteiger charge is -2.31. The standard InChI is InChI=1S/C15H29N3O3S/c1-13-4-3-8-17(12-13)11-7-16-15(19)14-5-9-18(10-6-14)22(2,20)21/h13-14H,3-12H2,1-2H3,(H,16,19)/t13-/m1/s1. The largest absolute Gasteiger partial charge is 0.355 e. The summed E-state index contributed by atoms with van der Waals surface area (Å²) in [7, 11) is -3.12.